The lowest BCUT2D eigenvalue weighted by molar-refractivity contribution is -0.163. The van der Waals surface area contributed by atoms with Gasteiger partial charge in [0.05, 0.1) is 5.92 Å². The molecule has 0 aromatic carbocycles. The molecule has 0 aromatic heterocycles. The molecule has 3 unspecified atom stereocenters. The van der Waals surface area contributed by atoms with Gasteiger partial charge in [-0.15, -0.1) is 0 Å². The van der Waals surface area contributed by atoms with Crippen molar-refractivity contribution in [2.24, 2.45) is 5.92 Å². The highest BCUT2D eigenvalue weighted by atomic mass is 16.6. The van der Waals surface area contributed by atoms with Crippen molar-refractivity contribution in [2.45, 2.75) is 39.4 Å². The Bertz CT molecular complexity index is 248. The third-order valence-electron chi connectivity index (χ3n) is 2.68. The summed E-state index contributed by atoms with van der Waals surface area (Å²) in [6, 6.07) is 0. The van der Waals surface area contributed by atoms with Gasteiger partial charge in [0.15, 0.2) is 5.60 Å². The molecule has 1 saturated heterocycles. The quantitative estimate of drug-likeness (QED) is 0.571. The number of cyclic esters (lactones) is 1. The number of hydrogen-bond acceptors (Lipinski definition) is 4. The van der Waals surface area contributed by atoms with Crippen molar-refractivity contribution in [2.75, 3.05) is 0 Å². The highest BCUT2D eigenvalue weighted by Crippen LogP contribution is 2.35. The van der Waals surface area contributed by atoms with Gasteiger partial charge in [0.2, 0.25) is 0 Å². The molecule has 1 aliphatic heterocycles. The first kappa shape index (κ1) is 10.0. The number of hydrogen-bond donors (Lipinski definition) is 0. The van der Waals surface area contributed by atoms with Crippen LogP contribution in [0, 0.1) is 5.92 Å². The van der Waals surface area contributed by atoms with E-state index in [4.69, 9.17) is 9.47 Å². The zero-order valence-corrected chi connectivity index (χ0v) is 8.29. The van der Waals surface area contributed by atoms with Gasteiger partial charge in [-0.2, -0.15) is 0 Å². The van der Waals surface area contributed by atoms with Gasteiger partial charge in [0.1, 0.15) is 6.10 Å². The summed E-state index contributed by atoms with van der Waals surface area (Å²) in [6.07, 6.45) is -0.376. The molecule has 0 amide bonds. The molecule has 1 rings (SSSR count). The summed E-state index contributed by atoms with van der Waals surface area (Å²) in [4.78, 5) is 22.0. The average molecular weight is 186 g/mol. The molecule has 74 valence electrons. The summed E-state index contributed by atoms with van der Waals surface area (Å²) in [7, 11) is 0. The van der Waals surface area contributed by atoms with Crippen LogP contribution in [-0.2, 0) is 19.1 Å². The third-order valence-corrected chi connectivity index (χ3v) is 2.68. The van der Waals surface area contributed by atoms with E-state index in [1.165, 1.54) is 6.92 Å². The molecule has 13 heavy (non-hydrogen) atoms. The van der Waals surface area contributed by atoms with Crippen LogP contribution in [0.15, 0.2) is 0 Å². The van der Waals surface area contributed by atoms with E-state index in [2.05, 4.69) is 0 Å². The van der Waals surface area contributed by atoms with E-state index in [0.717, 1.165) is 0 Å². The zero-order valence-electron chi connectivity index (χ0n) is 8.29. The predicted molar refractivity (Wildman–Crippen MR) is 44.9 cm³/mol. The van der Waals surface area contributed by atoms with Crippen LogP contribution < -0.4 is 0 Å². The molecule has 0 N–H and O–H groups in total. The topological polar surface area (TPSA) is 52.6 Å². The van der Waals surface area contributed by atoms with Gasteiger partial charge in [-0.1, -0.05) is 0 Å². The van der Waals surface area contributed by atoms with E-state index in [1.54, 1.807) is 20.8 Å². The molecule has 0 bridgehead atoms. The second kappa shape index (κ2) is 3.01. The first-order valence-electron chi connectivity index (χ1n) is 4.28. The molecule has 0 aromatic rings. The second-order valence-corrected chi connectivity index (χ2v) is 3.58. The molecule has 3 atom stereocenters. The number of carbonyl (C=O) groups excluding carboxylic acids is 2. The molecule has 1 aliphatic rings. The number of ether oxygens (including phenoxy) is 2. The van der Waals surface area contributed by atoms with Gasteiger partial charge in [-0.05, 0) is 20.8 Å². The molecule has 0 saturated carbocycles. The van der Waals surface area contributed by atoms with Crippen molar-refractivity contribution in [1.82, 2.24) is 0 Å². The molecule has 1 fully saturated rings. The maximum absolute atomic E-state index is 11.2. The standard InChI is InChI=1S/C9H14O4/c1-5-8(11)12-6(2)9(5,4)13-7(3)10/h5-6H,1-4H3. The fourth-order valence-corrected chi connectivity index (χ4v) is 1.46. The number of esters is 2. The lowest BCUT2D eigenvalue weighted by Crippen LogP contribution is -2.42. The largest absolute Gasteiger partial charge is 0.458 e. The first-order chi connectivity index (χ1) is 5.88. The lowest BCUT2D eigenvalue weighted by Gasteiger charge is -2.28. The van der Waals surface area contributed by atoms with Crippen LogP contribution in [0.3, 0.4) is 0 Å². The monoisotopic (exact) mass is 186 g/mol. The maximum atomic E-state index is 11.2. The molecule has 0 aliphatic carbocycles. The Morgan fingerprint density at radius 3 is 2.38 bits per heavy atom. The van der Waals surface area contributed by atoms with E-state index in [-0.39, 0.29) is 18.0 Å². The summed E-state index contributed by atoms with van der Waals surface area (Å²) in [5, 5.41) is 0. The predicted octanol–water partition coefficient (Wildman–Crippen LogP) is 0.890. The van der Waals surface area contributed by atoms with Crippen LogP contribution in [0.1, 0.15) is 27.7 Å². The van der Waals surface area contributed by atoms with E-state index in [1.807, 2.05) is 0 Å². The maximum Gasteiger partial charge on any atom is 0.313 e. The van der Waals surface area contributed by atoms with Crippen LogP contribution >= 0.6 is 0 Å². The van der Waals surface area contributed by atoms with Crippen molar-refractivity contribution in [1.29, 1.82) is 0 Å². The Balaban J connectivity index is 2.87. The first-order valence-corrected chi connectivity index (χ1v) is 4.28. The fraction of sp³-hybridized carbons (Fsp3) is 0.778. The molecular weight excluding hydrogens is 172 g/mol. The minimum absolute atomic E-state index is 0.309. The minimum atomic E-state index is -0.817. The van der Waals surface area contributed by atoms with Gasteiger partial charge < -0.3 is 9.47 Å². The summed E-state index contributed by atoms with van der Waals surface area (Å²) in [6.45, 7) is 6.47. The van der Waals surface area contributed by atoms with Gasteiger partial charge in [0.25, 0.3) is 0 Å². The van der Waals surface area contributed by atoms with E-state index >= 15 is 0 Å². The van der Waals surface area contributed by atoms with Gasteiger partial charge in [0, 0.05) is 6.92 Å². The SMILES string of the molecule is CC(=O)OC1(C)C(C)OC(=O)C1C. The third kappa shape index (κ3) is 1.53. The highest BCUT2D eigenvalue weighted by Gasteiger charge is 2.52. The zero-order chi connectivity index (χ0) is 10.2. The lowest BCUT2D eigenvalue weighted by atomic mass is 9.89. The van der Waals surface area contributed by atoms with Crippen molar-refractivity contribution >= 4 is 11.9 Å². The van der Waals surface area contributed by atoms with Crippen molar-refractivity contribution in [3.8, 4) is 0 Å². The van der Waals surface area contributed by atoms with Crippen molar-refractivity contribution in [3.05, 3.63) is 0 Å². The average Bonchev–Trinajstić information content (AvgIpc) is 2.15. The highest BCUT2D eigenvalue weighted by molar-refractivity contribution is 5.77. The Hall–Kier alpha value is -1.06. The second-order valence-electron chi connectivity index (χ2n) is 3.58. The molecule has 4 nitrogen and oxygen atoms in total. The summed E-state index contributed by atoms with van der Waals surface area (Å²) >= 11 is 0. The smallest absolute Gasteiger partial charge is 0.313 e. The van der Waals surface area contributed by atoms with Crippen molar-refractivity contribution in [3.63, 3.8) is 0 Å². The Labute approximate surface area is 77.2 Å². The summed E-state index contributed by atoms with van der Waals surface area (Å²) in [5.41, 5.74) is -0.817. The molecule has 0 spiro atoms. The molecule has 4 heteroatoms. The van der Waals surface area contributed by atoms with Gasteiger partial charge in [-0.25, -0.2) is 0 Å². The number of carbonyl (C=O) groups is 2. The van der Waals surface area contributed by atoms with Crippen LogP contribution in [0.4, 0.5) is 0 Å². The van der Waals surface area contributed by atoms with E-state index in [9.17, 15) is 9.59 Å². The van der Waals surface area contributed by atoms with Crippen molar-refractivity contribution < 1.29 is 19.1 Å². The van der Waals surface area contributed by atoms with E-state index in [0.29, 0.717) is 0 Å². The summed E-state index contributed by atoms with van der Waals surface area (Å²) in [5.74, 6) is -1.10. The van der Waals surface area contributed by atoms with Gasteiger partial charge >= 0.3 is 11.9 Å². The summed E-state index contributed by atoms with van der Waals surface area (Å²) < 4.78 is 10.1. The van der Waals surface area contributed by atoms with Crippen LogP contribution in [-0.4, -0.2) is 23.6 Å². The Morgan fingerprint density at radius 1 is 1.54 bits per heavy atom. The molecule has 0 radical (unpaired) electrons. The van der Waals surface area contributed by atoms with Gasteiger partial charge in [-0.3, -0.25) is 9.59 Å². The molecular formula is C9H14O4. The fourth-order valence-electron chi connectivity index (χ4n) is 1.46. The molecule has 1 heterocycles. The van der Waals surface area contributed by atoms with Crippen LogP contribution in [0.2, 0.25) is 0 Å². The number of rotatable bonds is 1. The Kier molecular flexibility index (Phi) is 2.32. The Morgan fingerprint density at radius 2 is 2.08 bits per heavy atom. The van der Waals surface area contributed by atoms with Crippen LogP contribution in [0.25, 0.3) is 0 Å². The van der Waals surface area contributed by atoms with Crippen LogP contribution in [0.5, 0.6) is 0 Å². The van der Waals surface area contributed by atoms with E-state index < -0.39 is 11.5 Å². The normalized spacial score (nSPS) is 38.6. The minimum Gasteiger partial charge on any atom is -0.458 e.